The van der Waals surface area contributed by atoms with Crippen LogP contribution in [0.4, 0.5) is 5.95 Å². The Morgan fingerprint density at radius 1 is 1.09 bits per heavy atom. The van der Waals surface area contributed by atoms with E-state index in [4.69, 9.17) is 14.0 Å². The van der Waals surface area contributed by atoms with E-state index in [1.807, 2.05) is 6.07 Å². The molecule has 1 saturated heterocycles. The molecule has 1 aliphatic heterocycles. The first-order valence-electron chi connectivity index (χ1n) is 10.9. The molecule has 1 aromatic carbocycles. The number of nitrogens with one attached hydrogen (secondary N) is 1. The number of aromatic nitrogens is 3. The Labute approximate surface area is 192 Å². The molecule has 1 aliphatic rings. The standard InChI is InChI=1S/C23H28N6O4/c1-31-17-5-6-20(32-2)18(15-17)21-16-19(27-33-21)22(30)24-9-4-10-28-11-13-29(14-12-28)23-25-7-3-8-26-23/h3,5-8,15-16H,4,9-14H2,1-2H3,(H,24,30). The highest BCUT2D eigenvalue weighted by Gasteiger charge is 2.19. The van der Waals surface area contributed by atoms with Crippen molar-refractivity contribution in [2.75, 3.05) is 58.4 Å². The third kappa shape index (κ3) is 5.58. The van der Waals surface area contributed by atoms with Crippen molar-refractivity contribution in [1.29, 1.82) is 0 Å². The fraction of sp³-hybridized carbons (Fsp3) is 0.391. The second-order valence-electron chi connectivity index (χ2n) is 7.63. The number of methoxy groups -OCH3 is 2. The summed E-state index contributed by atoms with van der Waals surface area (Å²) in [6.45, 7) is 5.15. The van der Waals surface area contributed by atoms with Crippen LogP contribution in [0, 0.1) is 0 Å². The average molecular weight is 453 g/mol. The van der Waals surface area contributed by atoms with Gasteiger partial charge in [-0.25, -0.2) is 9.97 Å². The molecule has 0 bridgehead atoms. The van der Waals surface area contributed by atoms with Gasteiger partial charge in [0.2, 0.25) is 5.95 Å². The van der Waals surface area contributed by atoms with Gasteiger partial charge in [0.05, 0.1) is 19.8 Å². The third-order valence-electron chi connectivity index (χ3n) is 5.56. The summed E-state index contributed by atoms with van der Waals surface area (Å²) < 4.78 is 16.0. The molecular weight excluding hydrogens is 424 g/mol. The molecule has 174 valence electrons. The zero-order valence-electron chi connectivity index (χ0n) is 18.9. The van der Waals surface area contributed by atoms with Gasteiger partial charge in [-0.15, -0.1) is 0 Å². The van der Waals surface area contributed by atoms with Crippen LogP contribution < -0.4 is 19.7 Å². The second-order valence-corrected chi connectivity index (χ2v) is 7.63. The Hall–Kier alpha value is -3.66. The van der Waals surface area contributed by atoms with Crippen molar-refractivity contribution in [1.82, 2.24) is 25.3 Å². The van der Waals surface area contributed by atoms with Crippen molar-refractivity contribution in [2.24, 2.45) is 0 Å². The Kier molecular flexibility index (Phi) is 7.36. The maximum Gasteiger partial charge on any atom is 0.273 e. The van der Waals surface area contributed by atoms with Crippen LogP contribution in [0.25, 0.3) is 11.3 Å². The van der Waals surface area contributed by atoms with Crippen LogP contribution >= 0.6 is 0 Å². The molecule has 1 fully saturated rings. The Morgan fingerprint density at radius 2 is 1.88 bits per heavy atom. The van der Waals surface area contributed by atoms with E-state index in [-0.39, 0.29) is 11.6 Å². The van der Waals surface area contributed by atoms with E-state index in [1.54, 1.807) is 50.9 Å². The smallest absolute Gasteiger partial charge is 0.273 e. The van der Waals surface area contributed by atoms with Gasteiger partial charge in [-0.05, 0) is 37.2 Å². The lowest BCUT2D eigenvalue weighted by molar-refractivity contribution is 0.0942. The van der Waals surface area contributed by atoms with Crippen molar-refractivity contribution in [3.63, 3.8) is 0 Å². The Balaban J connectivity index is 1.23. The quantitative estimate of drug-likeness (QED) is 0.489. The molecular formula is C23H28N6O4. The summed E-state index contributed by atoms with van der Waals surface area (Å²) in [5.41, 5.74) is 0.898. The third-order valence-corrected chi connectivity index (χ3v) is 5.56. The van der Waals surface area contributed by atoms with E-state index in [1.165, 1.54) is 0 Å². The van der Waals surface area contributed by atoms with Crippen LogP contribution in [0.15, 0.2) is 47.2 Å². The van der Waals surface area contributed by atoms with Crippen LogP contribution in [0.3, 0.4) is 0 Å². The van der Waals surface area contributed by atoms with Gasteiger partial charge < -0.3 is 24.2 Å². The van der Waals surface area contributed by atoms with E-state index in [2.05, 4.69) is 30.2 Å². The first-order valence-corrected chi connectivity index (χ1v) is 10.9. The Bertz CT molecular complexity index is 1050. The first-order chi connectivity index (χ1) is 16.2. The van der Waals surface area contributed by atoms with Crippen molar-refractivity contribution in [2.45, 2.75) is 6.42 Å². The summed E-state index contributed by atoms with van der Waals surface area (Å²) in [6.07, 6.45) is 4.38. The highest BCUT2D eigenvalue weighted by molar-refractivity contribution is 5.93. The van der Waals surface area contributed by atoms with E-state index in [9.17, 15) is 4.79 Å². The monoisotopic (exact) mass is 452 g/mol. The van der Waals surface area contributed by atoms with E-state index >= 15 is 0 Å². The van der Waals surface area contributed by atoms with Gasteiger partial charge >= 0.3 is 0 Å². The van der Waals surface area contributed by atoms with Crippen molar-refractivity contribution in [3.8, 4) is 22.8 Å². The average Bonchev–Trinajstić information content (AvgIpc) is 3.37. The van der Waals surface area contributed by atoms with Gasteiger partial charge in [0, 0.05) is 51.2 Å². The molecule has 10 heteroatoms. The van der Waals surface area contributed by atoms with Crippen LogP contribution in [0.1, 0.15) is 16.9 Å². The van der Waals surface area contributed by atoms with Crippen molar-refractivity contribution < 1.29 is 18.8 Å². The molecule has 0 saturated carbocycles. The lowest BCUT2D eigenvalue weighted by atomic mass is 10.1. The molecule has 0 aliphatic carbocycles. The van der Waals surface area contributed by atoms with Crippen LogP contribution in [0.2, 0.25) is 0 Å². The summed E-state index contributed by atoms with van der Waals surface area (Å²) in [4.78, 5) is 25.7. The number of amides is 1. The topological polar surface area (TPSA) is 106 Å². The summed E-state index contributed by atoms with van der Waals surface area (Å²) in [7, 11) is 3.16. The zero-order valence-corrected chi connectivity index (χ0v) is 18.9. The number of piperazine rings is 1. The molecule has 10 nitrogen and oxygen atoms in total. The maximum absolute atomic E-state index is 12.5. The molecule has 3 heterocycles. The number of nitrogens with zero attached hydrogens (tertiary/aromatic N) is 5. The highest BCUT2D eigenvalue weighted by atomic mass is 16.5. The zero-order chi connectivity index (χ0) is 23.0. The lowest BCUT2D eigenvalue weighted by Gasteiger charge is -2.34. The lowest BCUT2D eigenvalue weighted by Crippen LogP contribution is -2.47. The number of benzene rings is 1. The molecule has 1 amide bonds. The fourth-order valence-corrected chi connectivity index (χ4v) is 3.74. The fourth-order valence-electron chi connectivity index (χ4n) is 3.74. The molecule has 0 atom stereocenters. The number of ether oxygens (including phenoxy) is 2. The number of hydrogen-bond acceptors (Lipinski definition) is 9. The predicted molar refractivity (Wildman–Crippen MR) is 123 cm³/mol. The van der Waals surface area contributed by atoms with Crippen LogP contribution in [0.5, 0.6) is 11.5 Å². The maximum atomic E-state index is 12.5. The van der Waals surface area contributed by atoms with Crippen LogP contribution in [-0.2, 0) is 0 Å². The van der Waals surface area contributed by atoms with Crippen molar-refractivity contribution in [3.05, 3.63) is 48.4 Å². The number of carbonyl (C=O) groups excluding carboxylic acids is 1. The summed E-state index contributed by atoms with van der Waals surface area (Å²) in [6, 6.07) is 8.79. The van der Waals surface area contributed by atoms with Gasteiger partial charge in [0.25, 0.3) is 5.91 Å². The van der Waals surface area contributed by atoms with Gasteiger partial charge in [-0.2, -0.15) is 0 Å². The summed E-state index contributed by atoms with van der Waals surface area (Å²) in [5, 5.41) is 6.83. The second kappa shape index (κ2) is 10.8. The van der Waals surface area contributed by atoms with Gasteiger partial charge in [0.15, 0.2) is 11.5 Å². The molecule has 3 aromatic rings. The van der Waals surface area contributed by atoms with E-state index in [0.717, 1.165) is 45.1 Å². The molecule has 0 unspecified atom stereocenters. The summed E-state index contributed by atoms with van der Waals surface area (Å²) in [5.74, 6) is 2.22. The largest absolute Gasteiger partial charge is 0.497 e. The minimum Gasteiger partial charge on any atom is -0.497 e. The SMILES string of the molecule is COc1ccc(OC)c(-c2cc(C(=O)NCCCN3CCN(c4ncccn4)CC3)no2)c1. The van der Waals surface area contributed by atoms with Crippen molar-refractivity contribution >= 4 is 11.9 Å². The molecule has 2 aromatic heterocycles. The van der Waals surface area contributed by atoms with E-state index < -0.39 is 0 Å². The molecule has 0 radical (unpaired) electrons. The number of rotatable bonds is 9. The van der Waals surface area contributed by atoms with E-state index in [0.29, 0.717) is 29.4 Å². The molecule has 1 N–H and O–H groups in total. The predicted octanol–water partition coefficient (Wildman–Crippen LogP) is 2.09. The summed E-state index contributed by atoms with van der Waals surface area (Å²) >= 11 is 0. The van der Waals surface area contributed by atoms with Gasteiger partial charge in [0.1, 0.15) is 11.5 Å². The highest BCUT2D eigenvalue weighted by Crippen LogP contribution is 2.33. The normalized spacial score (nSPS) is 14.2. The molecule has 4 rings (SSSR count). The van der Waals surface area contributed by atoms with Crippen LogP contribution in [-0.4, -0.2) is 79.4 Å². The van der Waals surface area contributed by atoms with Gasteiger partial charge in [-0.3, -0.25) is 9.69 Å². The number of hydrogen-bond donors (Lipinski definition) is 1. The molecule has 0 spiro atoms. The number of carbonyl (C=O) groups is 1. The molecule has 33 heavy (non-hydrogen) atoms. The minimum atomic E-state index is -0.266. The minimum absolute atomic E-state index is 0.228. The first kappa shape index (κ1) is 22.5. The van der Waals surface area contributed by atoms with Gasteiger partial charge in [-0.1, -0.05) is 5.16 Å². The Morgan fingerprint density at radius 3 is 2.61 bits per heavy atom. The number of anilines is 1.